The fraction of sp³-hybridized carbons (Fsp3) is 0.267. The zero-order chi connectivity index (χ0) is 14.5. The van der Waals surface area contributed by atoms with Crippen molar-refractivity contribution in [3.8, 4) is 0 Å². The number of amides is 1. The van der Waals surface area contributed by atoms with Crippen LogP contribution in [0.5, 0.6) is 0 Å². The minimum absolute atomic E-state index is 0.146. The van der Waals surface area contributed by atoms with Gasteiger partial charge in [-0.1, -0.05) is 24.3 Å². The fourth-order valence-corrected chi connectivity index (χ4v) is 2.62. The van der Waals surface area contributed by atoms with Crippen LogP contribution < -0.4 is 5.43 Å². The van der Waals surface area contributed by atoms with E-state index >= 15 is 0 Å². The molecule has 0 spiro atoms. The van der Waals surface area contributed by atoms with Crippen LogP contribution in [0.2, 0.25) is 0 Å². The van der Waals surface area contributed by atoms with Gasteiger partial charge in [0, 0.05) is 16.6 Å². The minimum Gasteiger partial charge on any atom is -0.273 e. The number of carbonyl (C=O) groups is 1. The topological polar surface area (TPSA) is 54.4 Å². The van der Waals surface area contributed by atoms with Crippen molar-refractivity contribution in [2.24, 2.45) is 5.10 Å². The Hall–Kier alpha value is -2.01. The second kappa shape index (κ2) is 6.43. The number of aromatic nitrogens is 1. The first-order valence-electron chi connectivity index (χ1n) is 6.36. The zero-order valence-corrected chi connectivity index (χ0v) is 12.6. The summed E-state index contributed by atoms with van der Waals surface area (Å²) in [5, 5.41) is 6.90. The second-order valence-corrected chi connectivity index (χ2v) is 5.55. The number of nitrogens with zero attached hydrogens (tertiary/aromatic N) is 2. The molecule has 0 aliphatic rings. The van der Waals surface area contributed by atoms with Gasteiger partial charge in [0.2, 0.25) is 5.91 Å². The quantitative estimate of drug-likeness (QED) is 0.694. The van der Waals surface area contributed by atoms with Gasteiger partial charge in [0.1, 0.15) is 5.01 Å². The first-order chi connectivity index (χ1) is 9.56. The van der Waals surface area contributed by atoms with Crippen molar-refractivity contribution < 1.29 is 4.79 Å². The summed E-state index contributed by atoms with van der Waals surface area (Å²) >= 11 is 1.49. The average molecular weight is 287 g/mol. The van der Waals surface area contributed by atoms with Crippen molar-refractivity contribution in [3.05, 3.63) is 51.5 Å². The summed E-state index contributed by atoms with van der Waals surface area (Å²) in [5.74, 6) is -0.146. The molecule has 2 aromatic rings. The third-order valence-corrected chi connectivity index (χ3v) is 3.83. The molecule has 0 bridgehead atoms. The first-order valence-corrected chi connectivity index (χ1v) is 7.24. The van der Waals surface area contributed by atoms with E-state index in [1.165, 1.54) is 11.3 Å². The summed E-state index contributed by atoms with van der Waals surface area (Å²) in [7, 11) is 0. The Bertz CT molecular complexity index is 646. The van der Waals surface area contributed by atoms with E-state index in [1.807, 2.05) is 50.4 Å². The summed E-state index contributed by atoms with van der Waals surface area (Å²) in [6.07, 6.45) is 0.267. The minimum atomic E-state index is -0.146. The molecule has 0 aliphatic carbocycles. The highest BCUT2D eigenvalue weighted by atomic mass is 32.1. The Kier molecular flexibility index (Phi) is 4.63. The lowest BCUT2D eigenvalue weighted by atomic mass is 10.1. The van der Waals surface area contributed by atoms with Crippen LogP contribution in [-0.2, 0) is 11.2 Å². The molecule has 0 atom stereocenters. The molecule has 0 aliphatic heterocycles. The van der Waals surface area contributed by atoms with Gasteiger partial charge in [0.05, 0.1) is 12.1 Å². The predicted octanol–water partition coefficient (Wildman–Crippen LogP) is 2.84. The summed E-state index contributed by atoms with van der Waals surface area (Å²) in [6, 6.07) is 7.95. The van der Waals surface area contributed by atoms with Crippen molar-refractivity contribution in [1.29, 1.82) is 0 Å². The molecule has 2 rings (SSSR count). The van der Waals surface area contributed by atoms with Gasteiger partial charge in [0.25, 0.3) is 0 Å². The largest absolute Gasteiger partial charge is 0.273 e. The Morgan fingerprint density at radius 2 is 2.10 bits per heavy atom. The molecule has 4 nitrogen and oxygen atoms in total. The van der Waals surface area contributed by atoms with Crippen LogP contribution in [-0.4, -0.2) is 16.6 Å². The number of nitrogens with one attached hydrogen (secondary N) is 1. The number of rotatable bonds is 4. The summed E-state index contributed by atoms with van der Waals surface area (Å²) in [5.41, 5.74) is 6.50. The van der Waals surface area contributed by atoms with Gasteiger partial charge in [-0.05, 0) is 26.3 Å². The van der Waals surface area contributed by atoms with Gasteiger partial charge < -0.3 is 0 Å². The van der Waals surface area contributed by atoms with Gasteiger partial charge in [0.15, 0.2) is 0 Å². The highest BCUT2D eigenvalue weighted by molar-refractivity contribution is 7.09. The molecule has 1 aromatic carbocycles. The molecule has 0 unspecified atom stereocenters. The molecule has 104 valence electrons. The molecular formula is C15H17N3OS. The van der Waals surface area contributed by atoms with E-state index in [4.69, 9.17) is 0 Å². The number of hydrogen-bond donors (Lipinski definition) is 1. The molecule has 0 radical (unpaired) electrons. The van der Waals surface area contributed by atoms with Crippen LogP contribution in [0.15, 0.2) is 34.7 Å². The maximum Gasteiger partial charge on any atom is 0.246 e. The summed E-state index contributed by atoms with van der Waals surface area (Å²) < 4.78 is 0. The van der Waals surface area contributed by atoms with Gasteiger partial charge in [-0.2, -0.15) is 5.10 Å². The van der Waals surface area contributed by atoms with Crippen LogP contribution >= 0.6 is 11.3 Å². The molecule has 1 N–H and O–H groups in total. The second-order valence-electron chi connectivity index (χ2n) is 4.61. The van der Waals surface area contributed by atoms with Crippen LogP contribution in [0.4, 0.5) is 0 Å². The maximum absolute atomic E-state index is 11.8. The predicted molar refractivity (Wildman–Crippen MR) is 82.1 cm³/mol. The first kappa shape index (κ1) is 14.4. The Labute approximate surface area is 122 Å². The van der Waals surface area contributed by atoms with Crippen molar-refractivity contribution >= 4 is 23.0 Å². The third kappa shape index (κ3) is 3.74. The maximum atomic E-state index is 11.8. The van der Waals surface area contributed by atoms with E-state index in [0.717, 1.165) is 27.5 Å². The zero-order valence-electron chi connectivity index (χ0n) is 11.8. The molecular weight excluding hydrogens is 270 g/mol. The fourth-order valence-electron chi connectivity index (χ4n) is 1.85. The van der Waals surface area contributed by atoms with Crippen molar-refractivity contribution in [3.63, 3.8) is 0 Å². The molecule has 0 saturated carbocycles. The van der Waals surface area contributed by atoms with E-state index in [0.29, 0.717) is 0 Å². The number of hydrogen-bond acceptors (Lipinski definition) is 4. The van der Waals surface area contributed by atoms with Crippen LogP contribution in [0.1, 0.15) is 28.8 Å². The van der Waals surface area contributed by atoms with Gasteiger partial charge in [-0.15, -0.1) is 11.3 Å². The highest BCUT2D eigenvalue weighted by Gasteiger charge is 2.07. The summed E-state index contributed by atoms with van der Waals surface area (Å²) in [4.78, 5) is 16.1. The molecule has 1 amide bonds. The number of carbonyl (C=O) groups excluding carboxylic acids is 1. The lowest BCUT2D eigenvalue weighted by Crippen LogP contribution is -2.21. The lowest BCUT2D eigenvalue weighted by Gasteiger charge is -2.05. The van der Waals surface area contributed by atoms with Crippen LogP contribution in [0.3, 0.4) is 0 Å². The number of hydrazone groups is 1. The number of aryl methyl sites for hydroxylation is 2. The van der Waals surface area contributed by atoms with E-state index in [-0.39, 0.29) is 12.3 Å². The lowest BCUT2D eigenvalue weighted by molar-refractivity contribution is -0.120. The third-order valence-electron chi connectivity index (χ3n) is 2.86. The number of thiazole rings is 1. The Morgan fingerprint density at radius 3 is 2.75 bits per heavy atom. The van der Waals surface area contributed by atoms with E-state index in [2.05, 4.69) is 15.5 Å². The van der Waals surface area contributed by atoms with E-state index in [1.54, 1.807) is 0 Å². The monoisotopic (exact) mass is 287 g/mol. The molecule has 0 fully saturated rings. The molecule has 1 heterocycles. The van der Waals surface area contributed by atoms with Crippen molar-refractivity contribution in [2.75, 3.05) is 0 Å². The van der Waals surface area contributed by atoms with Crippen molar-refractivity contribution in [2.45, 2.75) is 27.2 Å². The number of benzene rings is 1. The smallest absolute Gasteiger partial charge is 0.246 e. The molecule has 0 saturated heterocycles. The van der Waals surface area contributed by atoms with Crippen molar-refractivity contribution in [1.82, 2.24) is 10.4 Å². The van der Waals surface area contributed by atoms with Gasteiger partial charge >= 0.3 is 0 Å². The molecule has 1 aromatic heterocycles. The highest BCUT2D eigenvalue weighted by Crippen LogP contribution is 2.10. The SMILES string of the molecule is C/C(=N/NC(=O)Cc1nc(C)cs1)c1ccccc1C. The van der Waals surface area contributed by atoms with Crippen LogP contribution in [0, 0.1) is 13.8 Å². The molecule has 5 heteroatoms. The van der Waals surface area contributed by atoms with Gasteiger partial charge in [-0.25, -0.2) is 10.4 Å². The summed E-state index contributed by atoms with van der Waals surface area (Å²) in [6.45, 7) is 5.82. The van der Waals surface area contributed by atoms with Crippen LogP contribution in [0.25, 0.3) is 0 Å². The standard InChI is InChI=1S/C15H17N3OS/c1-10-6-4-5-7-13(10)12(3)17-18-14(19)8-15-16-11(2)9-20-15/h4-7,9H,8H2,1-3H3,(H,18,19)/b17-12-. The molecule has 20 heavy (non-hydrogen) atoms. The van der Waals surface area contributed by atoms with E-state index in [9.17, 15) is 4.79 Å². The van der Waals surface area contributed by atoms with E-state index < -0.39 is 0 Å². The Balaban J connectivity index is 1.98. The van der Waals surface area contributed by atoms with Gasteiger partial charge in [-0.3, -0.25) is 4.79 Å². The average Bonchev–Trinajstić information content (AvgIpc) is 2.82. The normalized spacial score (nSPS) is 11.4. The Morgan fingerprint density at radius 1 is 1.35 bits per heavy atom.